The van der Waals surface area contributed by atoms with Crippen LogP contribution < -0.4 is 0 Å². The number of allylic oxidation sites excluding steroid dienone is 1. The van der Waals surface area contributed by atoms with Gasteiger partial charge in [0.05, 0.1) is 24.5 Å². The molecule has 0 amide bonds. The van der Waals surface area contributed by atoms with E-state index in [1.807, 2.05) is 48.9 Å². The average molecular weight is 303 g/mol. The topological polar surface area (TPSA) is 38.1 Å². The number of aromatic nitrogens is 2. The zero-order valence-corrected chi connectivity index (χ0v) is 13.1. The van der Waals surface area contributed by atoms with E-state index in [0.717, 1.165) is 22.4 Å². The fourth-order valence-corrected chi connectivity index (χ4v) is 2.41. The van der Waals surface area contributed by atoms with Crippen LogP contribution in [0.5, 0.6) is 0 Å². The normalized spacial score (nSPS) is 10.5. The molecule has 1 aromatic carbocycles. The summed E-state index contributed by atoms with van der Waals surface area (Å²) in [5.74, 6) is 0. The maximum atomic E-state index is 9.47. The summed E-state index contributed by atoms with van der Waals surface area (Å²) in [5.41, 5.74) is 4.58. The van der Waals surface area contributed by atoms with Crippen molar-refractivity contribution in [3.8, 4) is 0 Å². The van der Waals surface area contributed by atoms with Crippen molar-refractivity contribution in [2.75, 3.05) is 0 Å². The Morgan fingerprint density at radius 2 is 2.10 bits per heavy atom. The Labute approximate surface area is 130 Å². The number of hydrogen-bond donors (Lipinski definition) is 1. The molecular weight excluding hydrogens is 284 g/mol. The summed E-state index contributed by atoms with van der Waals surface area (Å²) in [6, 6.07) is 7.69. The van der Waals surface area contributed by atoms with Gasteiger partial charge in [-0.1, -0.05) is 48.0 Å². The number of rotatable bonds is 5. The third kappa shape index (κ3) is 3.43. The maximum absolute atomic E-state index is 9.47. The molecule has 0 saturated heterocycles. The summed E-state index contributed by atoms with van der Waals surface area (Å²) >= 11 is 6.22. The van der Waals surface area contributed by atoms with Crippen molar-refractivity contribution in [1.82, 2.24) is 9.78 Å². The van der Waals surface area contributed by atoms with Crippen LogP contribution in [0, 0.1) is 0 Å². The third-order valence-corrected chi connectivity index (χ3v) is 3.53. The molecule has 0 atom stereocenters. The average Bonchev–Trinajstić information content (AvgIpc) is 2.78. The van der Waals surface area contributed by atoms with Gasteiger partial charge in [0.25, 0.3) is 0 Å². The van der Waals surface area contributed by atoms with Crippen molar-refractivity contribution in [2.45, 2.75) is 27.0 Å². The lowest BCUT2D eigenvalue weighted by Gasteiger charge is -2.08. The Bertz CT molecular complexity index is 682. The van der Waals surface area contributed by atoms with E-state index >= 15 is 0 Å². The van der Waals surface area contributed by atoms with Gasteiger partial charge in [-0.3, -0.25) is 4.68 Å². The second-order valence-electron chi connectivity index (χ2n) is 5.08. The van der Waals surface area contributed by atoms with E-state index in [-0.39, 0.29) is 6.61 Å². The van der Waals surface area contributed by atoms with E-state index in [1.165, 1.54) is 0 Å². The van der Waals surface area contributed by atoms with Crippen LogP contribution in [0.3, 0.4) is 0 Å². The lowest BCUT2D eigenvalue weighted by molar-refractivity contribution is 0.275. The molecular formula is C17H19ClN2O. The van der Waals surface area contributed by atoms with Crippen molar-refractivity contribution in [1.29, 1.82) is 0 Å². The number of benzene rings is 1. The van der Waals surface area contributed by atoms with Crippen LogP contribution in [0.2, 0.25) is 5.02 Å². The second kappa shape index (κ2) is 6.74. The Morgan fingerprint density at radius 1 is 1.38 bits per heavy atom. The van der Waals surface area contributed by atoms with Crippen molar-refractivity contribution in [3.63, 3.8) is 0 Å². The zero-order chi connectivity index (χ0) is 15.4. The van der Waals surface area contributed by atoms with Gasteiger partial charge in [-0.05, 0) is 31.6 Å². The van der Waals surface area contributed by atoms with Crippen LogP contribution in [-0.2, 0) is 13.2 Å². The van der Waals surface area contributed by atoms with Crippen LogP contribution in [-0.4, -0.2) is 14.9 Å². The molecule has 3 nitrogen and oxygen atoms in total. The molecule has 0 saturated carbocycles. The highest BCUT2D eigenvalue weighted by Gasteiger charge is 2.14. The lowest BCUT2D eigenvalue weighted by Crippen LogP contribution is -2.05. The minimum absolute atomic E-state index is 0.111. The summed E-state index contributed by atoms with van der Waals surface area (Å²) in [4.78, 5) is 0. The molecule has 0 aliphatic heterocycles. The molecule has 2 aromatic rings. The molecule has 0 unspecified atom stereocenters. The molecule has 0 radical (unpaired) electrons. The first-order valence-electron chi connectivity index (χ1n) is 6.78. The van der Waals surface area contributed by atoms with Gasteiger partial charge in [-0.15, -0.1) is 0 Å². The van der Waals surface area contributed by atoms with Crippen LogP contribution in [0.15, 0.2) is 36.4 Å². The van der Waals surface area contributed by atoms with Crippen molar-refractivity contribution >= 4 is 23.8 Å². The SMILES string of the molecule is C=Cc1c(CO)nn(Cc2ccccc2Cl)c1C=C(C)C. The van der Waals surface area contributed by atoms with E-state index < -0.39 is 0 Å². The van der Waals surface area contributed by atoms with E-state index in [1.54, 1.807) is 6.08 Å². The van der Waals surface area contributed by atoms with E-state index in [2.05, 4.69) is 11.7 Å². The van der Waals surface area contributed by atoms with Crippen molar-refractivity contribution in [2.24, 2.45) is 0 Å². The first kappa shape index (κ1) is 15.5. The first-order valence-corrected chi connectivity index (χ1v) is 7.16. The van der Waals surface area contributed by atoms with Gasteiger partial charge in [-0.25, -0.2) is 0 Å². The number of aliphatic hydroxyl groups excluding tert-OH is 1. The summed E-state index contributed by atoms with van der Waals surface area (Å²) in [7, 11) is 0. The fraction of sp³-hybridized carbons (Fsp3) is 0.235. The van der Waals surface area contributed by atoms with Crippen molar-refractivity contribution in [3.05, 3.63) is 64.0 Å². The summed E-state index contributed by atoms with van der Waals surface area (Å²) in [6.07, 6.45) is 3.77. The number of nitrogens with zero attached hydrogens (tertiary/aromatic N) is 2. The molecule has 1 N–H and O–H groups in total. The molecule has 0 aliphatic carbocycles. The molecule has 0 fully saturated rings. The Morgan fingerprint density at radius 3 is 2.67 bits per heavy atom. The highest BCUT2D eigenvalue weighted by molar-refractivity contribution is 6.31. The number of hydrogen-bond acceptors (Lipinski definition) is 2. The van der Waals surface area contributed by atoms with Gasteiger partial charge >= 0.3 is 0 Å². The highest BCUT2D eigenvalue weighted by Crippen LogP contribution is 2.23. The quantitative estimate of drug-likeness (QED) is 0.901. The maximum Gasteiger partial charge on any atom is 0.0957 e. The number of halogens is 1. The molecule has 4 heteroatoms. The highest BCUT2D eigenvalue weighted by atomic mass is 35.5. The van der Waals surface area contributed by atoms with E-state index in [4.69, 9.17) is 11.6 Å². The monoisotopic (exact) mass is 302 g/mol. The third-order valence-electron chi connectivity index (χ3n) is 3.16. The molecule has 0 bridgehead atoms. The second-order valence-corrected chi connectivity index (χ2v) is 5.49. The Hall–Kier alpha value is -1.84. The molecule has 0 aliphatic rings. The van der Waals surface area contributed by atoms with Crippen LogP contribution >= 0.6 is 11.6 Å². The predicted octanol–water partition coefficient (Wildman–Crippen LogP) is 4.14. The lowest BCUT2D eigenvalue weighted by atomic mass is 10.1. The molecule has 0 spiro atoms. The van der Waals surface area contributed by atoms with Crippen LogP contribution in [0.25, 0.3) is 12.2 Å². The largest absolute Gasteiger partial charge is 0.390 e. The molecule has 21 heavy (non-hydrogen) atoms. The minimum Gasteiger partial charge on any atom is -0.390 e. The minimum atomic E-state index is -0.111. The van der Waals surface area contributed by atoms with Gasteiger partial charge < -0.3 is 5.11 Å². The van der Waals surface area contributed by atoms with E-state index in [9.17, 15) is 5.11 Å². The summed E-state index contributed by atoms with van der Waals surface area (Å²) in [6.45, 7) is 8.32. The van der Waals surface area contributed by atoms with Gasteiger partial charge in [-0.2, -0.15) is 5.10 Å². The predicted molar refractivity (Wildman–Crippen MR) is 88.1 cm³/mol. The van der Waals surface area contributed by atoms with Gasteiger partial charge in [0.15, 0.2) is 0 Å². The number of aliphatic hydroxyl groups is 1. The van der Waals surface area contributed by atoms with Crippen LogP contribution in [0.4, 0.5) is 0 Å². The molecule has 1 aromatic heterocycles. The van der Waals surface area contributed by atoms with Crippen LogP contribution in [0.1, 0.15) is 36.4 Å². The van der Waals surface area contributed by atoms with Gasteiger partial charge in [0.2, 0.25) is 0 Å². The Kier molecular flexibility index (Phi) is 4.99. The molecule has 110 valence electrons. The standard InChI is InChI=1S/C17H19ClN2O/c1-4-14-16(11-21)19-20(17(14)9-12(2)3)10-13-7-5-6-8-15(13)18/h4-9,21H,1,10-11H2,2-3H3. The molecule has 1 heterocycles. The zero-order valence-electron chi connectivity index (χ0n) is 12.3. The summed E-state index contributed by atoms with van der Waals surface area (Å²) in [5, 5.41) is 14.7. The van der Waals surface area contributed by atoms with Crippen molar-refractivity contribution < 1.29 is 5.11 Å². The fourth-order valence-electron chi connectivity index (χ4n) is 2.21. The Balaban J connectivity index is 2.52. The van der Waals surface area contributed by atoms with Gasteiger partial charge in [0.1, 0.15) is 0 Å². The first-order chi connectivity index (χ1) is 10.1. The summed E-state index contributed by atoms with van der Waals surface area (Å²) < 4.78 is 1.86. The van der Waals surface area contributed by atoms with Gasteiger partial charge in [0, 0.05) is 10.6 Å². The molecule has 2 rings (SSSR count). The van der Waals surface area contributed by atoms with E-state index in [0.29, 0.717) is 17.3 Å². The smallest absolute Gasteiger partial charge is 0.0957 e.